The molecule has 1 atom stereocenters. The van der Waals surface area contributed by atoms with Gasteiger partial charge in [-0.05, 0) is 39.2 Å². The van der Waals surface area contributed by atoms with E-state index in [1.54, 1.807) is 0 Å². The van der Waals surface area contributed by atoms with Crippen LogP contribution in [0, 0.1) is 19.3 Å². The average molecular weight is 243 g/mol. The van der Waals surface area contributed by atoms with Crippen molar-refractivity contribution in [2.75, 3.05) is 6.61 Å². The molecule has 1 aromatic carbocycles. The summed E-state index contributed by atoms with van der Waals surface area (Å²) in [7, 11) is 0. The fourth-order valence-corrected chi connectivity index (χ4v) is 2.39. The van der Waals surface area contributed by atoms with Crippen molar-refractivity contribution in [3.8, 4) is 18.1 Å². The molecule has 1 aliphatic rings. The summed E-state index contributed by atoms with van der Waals surface area (Å²) in [4.78, 5) is 0. The maximum absolute atomic E-state index is 5.87. The smallest absolute Gasteiger partial charge is 0.126 e. The van der Waals surface area contributed by atoms with Gasteiger partial charge in [0, 0.05) is 11.6 Å². The van der Waals surface area contributed by atoms with Crippen LogP contribution in [0.2, 0.25) is 0 Å². The summed E-state index contributed by atoms with van der Waals surface area (Å²) >= 11 is 0. The van der Waals surface area contributed by atoms with E-state index in [2.05, 4.69) is 36.4 Å². The molecule has 0 saturated carbocycles. The molecule has 0 aliphatic carbocycles. The molecule has 0 aromatic heterocycles. The monoisotopic (exact) mass is 243 g/mol. The van der Waals surface area contributed by atoms with Crippen LogP contribution in [0.15, 0.2) is 18.2 Å². The van der Waals surface area contributed by atoms with Crippen LogP contribution >= 0.6 is 0 Å². The average Bonchev–Trinajstić information content (AvgIpc) is 2.53. The Balaban J connectivity index is 2.34. The normalized spacial score (nSPS) is 19.3. The third-order valence-electron chi connectivity index (χ3n) is 3.40. The first-order chi connectivity index (χ1) is 8.53. The highest BCUT2D eigenvalue weighted by Gasteiger charge is 2.25. The van der Waals surface area contributed by atoms with Crippen molar-refractivity contribution >= 4 is 0 Å². The van der Waals surface area contributed by atoms with Gasteiger partial charge in [0.2, 0.25) is 0 Å². The predicted octanol–water partition coefficient (Wildman–Crippen LogP) is 3.21. The summed E-state index contributed by atoms with van der Waals surface area (Å²) in [6.07, 6.45) is 7.67. The molecule has 1 N–H and O–H groups in total. The summed E-state index contributed by atoms with van der Waals surface area (Å²) in [6.45, 7) is 6.95. The molecule has 0 spiro atoms. The Hall–Kier alpha value is -1.46. The molecule has 1 heterocycles. The number of rotatable bonds is 2. The first-order valence-corrected chi connectivity index (χ1v) is 6.51. The molecule has 0 bridgehead atoms. The molecule has 1 aromatic rings. The fraction of sp³-hybridized carbons (Fsp3) is 0.500. The number of aryl methyl sites for hydroxylation is 1. The van der Waals surface area contributed by atoms with Crippen LogP contribution in [0.4, 0.5) is 0 Å². The minimum absolute atomic E-state index is 0.272. The van der Waals surface area contributed by atoms with Gasteiger partial charge in [-0.25, -0.2) is 0 Å². The number of fused-ring (bicyclic) bond motifs is 1. The van der Waals surface area contributed by atoms with Gasteiger partial charge >= 0.3 is 0 Å². The van der Waals surface area contributed by atoms with Gasteiger partial charge in [-0.1, -0.05) is 24.1 Å². The molecular weight excluding hydrogens is 222 g/mol. The van der Waals surface area contributed by atoms with E-state index in [1.807, 2.05) is 13.8 Å². The fourth-order valence-electron chi connectivity index (χ4n) is 2.39. The summed E-state index contributed by atoms with van der Waals surface area (Å²) < 4.78 is 5.87. The number of para-hydroxylation sites is 1. The highest BCUT2D eigenvalue weighted by molar-refractivity contribution is 5.43. The zero-order valence-electron chi connectivity index (χ0n) is 11.4. The van der Waals surface area contributed by atoms with Crippen molar-refractivity contribution in [3.63, 3.8) is 0 Å². The van der Waals surface area contributed by atoms with Crippen LogP contribution in [0.1, 0.15) is 43.9 Å². The van der Waals surface area contributed by atoms with Crippen LogP contribution in [-0.2, 0) is 0 Å². The molecule has 0 saturated heterocycles. The minimum Gasteiger partial charge on any atom is -0.493 e. The van der Waals surface area contributed by atoms with Crippen LogP contribution in [0.25, 0.3) is 0 Å². The van der Waals surface area contributed by atoms with Crippen LogP contribution in [0.5, 0.6) is 5.75 Å². The molecule has 2 nitrogen and oxygen atoms in total. The van der Waals surface area contributed by atoms with Gasteiger partial charge in [0.05, 0.1) is 12.1 Å². The first kappa shape index (κ1) is 13.0. The van der Waals surface area contributed by atoms with E-state index in [-0.39, 0.29) is 11.6 Å². The highest BCUT2D eigenvalue weighted by Crippen LogP contribution is 2.34. The lowest BCUT2D eigenvalue weighted by Crippen LogP contribution is -2.40. The Morgan fingerprint density at radius 2 is 2.22 bits per heavy atom. The Bertz CT molecular complexity index is 470. The summed E-state index contributed by atoms with van der Waals surface area (Å²) in [6, 6.07) is 6.58. The van der Waals surface area contributed by atoms with Gasteiger partial charge < -0.3 is 4.74 Å². The molecule has 18 heavy (non-hydrogen) atoms. The number of hydrogen-bond acceptors (Lipinski definition) is 2. The van der Waals surface area contributed by atoms with E-state index in [0.29, 0.717) is 0 Å². The zero-order chi connectivity index (χ0) is 13.2. The quantitative estimate of drug-likeness (QED) is 0.805. The van der Waals surface area contributed by atoms with E-state index in [4.69, 9.17) is 11.2 Å². The molecule has 96 valence electrons. The summed E-state index contributed by atoms with van der Waals surface area (Å²) in [5, 5.41) is 3.55. The molecule has 0 amide bonds. The zero-order valence-corrected chi connectivity index (χ0v) is 11.4. The topological polar surface area (TPSA) is 21.3 Å². The van der Waals surface area contributed by atoms with E-state index >= 15 is 0 Å². The van der Waals surface area contributed by atoms with Crippen molar-refractivity contribution < 1.29 is 4.74 Å². The second-order valence-electron chi connectivity index (χ2n) is 5.45. The van der Waals surface area contributed by atoms with Crippen molar-refractivity contribution in [1.82, 2.24) is 5.32 Å². The molecule has 2 heteroatoms. The molecular formula is C16H21NO. The van der Waals surface area contributed by atoms with E-state index in [1.165, 1.54) is 11.1 Å². The molecule has 2 rings (SSSR count). The lowest BCUT2D eigenvalue weighted by atomic mass is 9.96. The Kier molecular flexibility index (Phi) is 3.63. The second kappa shape index (κ2) is 5.04. The van der Waals surface area contributed by atoms with Crippen LogP contribution in [0.3, 0.4) is 0 Å². The maximum Gasteiger partial charge on any atom is 0.126 e. The SMILES string of the molecule is C#CC(C)(C)NC1CCCOc2c(C)cccc21. The van der Waals surface area contributed by atoms with Crippen LogP contribution in [-0.4, -0.2) is 12.1 Å². The summed E-state index contributed by atoms with van der Waals surface area (Å²) in [5.74, 6) is 3.83. The van der Waals surface area contributed by atoms with Crippen molar-refractivity contribution in [2.45, 2.75) is 45.2 Å². The van der Waals surface area contributed by atoms with Gasteiger partial charge in [-0.2, -0.15) is 0 Å². The van der Waals surface area contributed by atoms with E-state index in [0.717, 1.165) is 25.2 Å². The van der Waals surface area contributed by atoms with Gasteiger partial charge in [-0.15, -0.1) is 6.42 Å². The number of ether oxygens (including phenoxy) is 1. The van der Waals surface area contributed by atoms with Crippen molar-refractivity contribution in [3.05, 3.63) is 29.3 Å². The number of terminal acetylenes is 1. The van der Waals surface area contributed by atoms with Crippen molar-refractivity contribution in [2.24, 2.45) is 0 Å². The number of hydrogen-bond donors (Lipinski definition) is 1. The van der Waals surface area contributed by atoms with Gasteiger partial charge in [0.15, 0.2) is 0 Å². The van der Waals surface area contributed by atoms with E-state index < -0.39 is 0 Å². The molecule has 1 aliphatic heterocycles. The largest absolute Gasteiger partial charge is 0.493 e. The number of benzene rings is 1. The van der Waals surface area contributed by atoms with Gasteiger partial charge in [-0.3, -0.25) is 5.32 Å². The highest BCUT2D eigenvalue weighted by atomic mass is 16.5. The predicted molar refractivity (Wildman–Crippen MR) is 74.7 cm³/mol. The lowest BCUT2D eigenvalue weighted by molar-refractivity contribution is 0.311. The second-order valence-corrected chi connectivity index (χ2v) is 5.45. The first-order valence-electron chi connectivity index (χ1n) is 6.51. The Labute approximate surface area is 110 Å². The molecule has 1 unspecified atom stereocenters. The van der Waals surface area contributed by atoms with Gasteiger partial charge in [0.1, 0.15) is 5.75 Å². The van der Waals surface area contributed by atoms with Crippen molar-refractivity contribution in [1.29, 1.82) is 0 Å². The number of nitrogens with one attached hydrogen (secondary N) is 1. The minimum atomic E-state index is -0.296. The Morgan fingerprint density at radius 1 is 1.44 bits per heavy atom. The third-order valence-corrected chi connectivity index (χ3v) is 3.40. The lowest BCUT2D eigenvalue weighted by Gasteiger charge is -2.28. The van der Waals surface area contributed by atoms with Gasteiger partial charge in [0.25, 0.3) is 0 Å². The molecule has 0 radical (unpaired) electrons. The van der Waals surface area contributed by atoms with E-state index in [9.17, 15) is 0 Å². The standard InChI is InChI=1S/C16H21NO/c1-5-16(3,4)17-14-10-7-11-18-15-12(2)8-6-9-13(14)15/h1,6,8-9,14,17H,7,10-11H2,2-4H3. The van der Waals surface area contributed by atoms with Crippen LogP contribution < -0.4 is 10.1 Å². The Morgan fingerprint density at radius 3 is 2.94 bits per heavy atom. The maximum atomic E-state index is 5.87. The third kappa shape index (κ3) is 2.68. The summed E-state index contributed by atoms with van der Waals surface area (Å²) in [5.41, 5.74) is 2.13. The molecule has 0 fully saturated rings.